The second-order valence-electron chi connectivity index (χ2n) is 7.43. The number of esters is 1. The van der Waals surface area contributed by atoms with Crippen LogP contribution in [0.2, 0.25) is 0 Å². The maximum absolute atomic E-state index is 13.0. The summed E-state index contributed by atoms with van der Waals surface area (Å²) in [6, 6.07) is 6.52. The largest absolute Gasteiger partial charge is 0.462 e. The van der Waals surface area contributed by atoms with Gasteiger partial charge >= 0.3 is 5.97 Å². The van der Waals surface area contributed by atoms with Gasteiger partial charge < -0.3 is 10.1 Å². The Labute approximate surface area is 182 Å². The van der Waals surface area contributed by atoms with Crippen molar-refractivity contribution in [1.29, 1.82) is 0 Å². The van der Waals surface area contributed by atoms with Crippen molar-refractivity contribution in [1.82, 2.24) is 14.1 Å². The molecule has 0 radical (unpaired) electrons. The zero-order valence-electron chi connectivity index (χ0n) is 18.1. The van der Waals surface area contributed by atoms with Crippen LogP contribution in [0.25, 0.3) is 0 Å². The van der Waals surface area contributed by atoms with Gasteiger partial charge in [0.2, 0.25) is 15.9 Å². The monoisotopic (exact) mass is 448 g/mol. The highest BCUT2D eigenvalue weighted by Crippen LogP contribution is 2.26. The Bertz CT molecular complexity index is 1070. The first kappa shape index (κ1) is 23.0. The number of nitrogens with one attached hydrogen (secondary N) is 1. The van der Waals surface area contributed by atoms with E-state index in [9.17, 15) is 18.0 Å². The van der Waals surface area contributed by atoms with Crippen LogP contribution in [0.1, 0.15) is 47.9 Å². The molecule has 1 aliphatic rings. The molecule has 2 heterocycles. The first-order valence-electron chi connectivity index (χ1n) is 10.3. The minimum Gasteiger partial charge on any atom is -0.462 e. The molecule has 0 bridgehead atoms. The predicted molar refractivity (Wildman–Crippen MR) is 115 cm³/mol. The van der Waals surface area contributed by atoms with E-state index in [0.717, 1.165) is 12.8 Å². The van der Waals surface area contributed by atoms with Gasteiger partial charge in [0.15, 0.2) is 0 Å². The number of hydrogen-bond donors (Lipinski definition) is 1. The number of carbonyl (C=O) groups excluding carboxylic acids is 2. The number of anilines is 1. The van der Waals surface area contributed by atoms with Crippen molar-refractivity contribution in [2.45, 2.75) is 51.5 Å². The second kappa shape index (κ2) is 9.61. The molecule has 2 aromatic rings. The number of carbonyl (C=O) groups is 2. The van der Waals surface area contributed by atoms with E-state index in [2.05, 4.69) is 10.4 Å². The molecule has 3 rings (SSSR count). The van der Waals surface area contributed by atoms with E-state index in [4.69, 9.17) is 4.74 Å². The molecular formula is C21H28N4O5S. The van der Waals surface area contributed by atoms with E-state index in [1.54, 1.807) is 49.7 Å². The van der Waals surface area contributed by atoms with E-state index in [-0.39, 0.29) is 30.4 Å². The number of amides is 1. The number of aromatic nitrogens is 2. The Morgan fingerprint density at radius 3 is 2.58 bits per heavy atom. The minimum atomic E-state index is -3.58. The number of nitrogens with zero attached hydrogens (tertiary/aromatic N) is 3. The lowest BCUT2D eigenvalue weighted by Gasteiger charge is -2.15. The van der Waals surface area contributed by atoms with E-state index < -0.39 is 16.0 Å². The summed E-state index contributed by atoms with van der Waals surface area (Å²) >= 11 is 0. The molecule has 1 N–H and O–H groups in total. The Balaban J connectivity index is 1.66. The van der Waals surface area contributed by atoms with Crippen LogP contribution in [0.15, 0.2) is 29.2 Å². The molecule has 0 aliphatic carbocycles. The predicted octanol–water partition coefficient (Wildman–Crippen LogP) is 2.49. The topological polar surface area (TPSA) is 111 Å². The summed E-state index contributed by atoms with van der Waals surface area (Å²) in [5, 5.41) is 7.11. The van der Waals surface area contributed by atoms with Gasteiger partial charge in [0, 0.05) is 25.2 Å². The molecule has 0 unspecified atom stereocenters. The molecule has 1 amide bonds. The normalized spacial score (nSPS) is 14.5. The second-order valence-corrected chi connectivity index (χ2v) is 9.31. The number of hydrogen-bond acceptors (Lipinski definition) is 6. The number of ether oxygens (including phenoxy) is 1. The van der Waals surface area contributed by atoms with Gasteiger partial charge in [-0.1, -0.05) is 6.07 Å². The van der Waals surface area contributed by atoms with Gasteiger partial charge in [-0.05, 0) is 51.8 Å². The Morgan fingerprint density at radius 2 is 1.90 bits per heavy atom. The quantitative estimate of drug-likeness (QED) is 0.621. The van der Waals surface area contributed by atoms with Crippen LogP contribution in [0, 0.1) is 13.8 Å². The number of aryl methyl sites for hydroxylation is 2. The fourth-order valence-electron chi connectivity index (χ4n) is 3.70. The van der Waals surface area contributed by atoms with Gasteiger partial charge in [-0.25, -0.2) is 13.2 Å². The average molecular weight is 449 g/mol. The molecule has 10 heteroatoms. The summed E-state index contributed by atoms with van der Waals surface area (Å²) in [5.74, 6) is -0.717. The fourth-order valence-corrected chi connectivity index (χ4v) is 5.59. The Morgan fingerprint density at radius 1 is 1.19 bits per heavy atom. The number of benzene rings is 1. The molecule has 31 heavy (non-hydrogen) atoms. The summed E-state index contributed by atoms with van der Waals surface area (Å²) in [6.45, 7) is 6.68. The molecule has 9 nitrogen and oxygen atoms in total. The van der Waals surface area contributed by atoms with Gasteiger partial charge in [0.1, 0.15) is 4.90 Å². The molecule has 1 fully saturated rings. The first-order valence-corrected chi connectivity index (χ1v) is 11.8. The van der Waals surface area contributed by atoms with E-state index in [1.807, 2.05) is 0 Å². The average Bonchev–Trinajstić information content (AvgIpc) is 3.36. The zero-order chi connectivity index (χ0) is 22.6. The molecule has 0 spiro atoms. The van der Waals surface area contributed by atoms with Crippen LogP contribution in [0.5, 0.6) is 0 Å². The molecule has 1 aromatic carbocycles. The first-order chi connectivity index (χ1) is 14.7. The zero-order valence-corrected chi connectivity index (χ0v) is 18.9. The lowest BCUT2D eigenvalue weighted by molar-refractivity contribution is -0.116. The van der Waals surface area contributed by atoms with E-state index >= 15 is 0 Å². The smallest absolute Gasteiger partial charge is 0.338 e. The molecule has 1 aliphatic heterocycles. The number of sulfonamides is 1. The van der Waals surface area contributed by atoms with Crippen molar-refractivity contribution in [3.63, 3.8) is 0 Å². The van der Waals surface area contributed by atoms with Crippen LogP contribution >= 0.6 is 0 Å². The van der Waals surface area contributed by atoms with E-state index in [1.165, 1.54) is 4.31 Å². The van der Waals surface area contributed by atoms with Crippen LogP contribution in [-0.2, 0) is 26.1 Å². The van der Waals surface area contributed by atoms with E-state index in [0.29, 0.717) is 35.7 Å². The van der Waals surface area contributed by atoms with Gasteiger partial charge in [0.05, 0.1) is 30.1 Å². The van der Waals surface area contributed by atoms with Gasteiger partial charge in [-0.2, -0.15) is 9.40 Å². The highest BCUT2D eigenvalue weighted by Gasteiger charge is 2.32. The molecular weight excluding hydrogens is 420 g/mol. The minimum absolute atomic E-state index is 0.106. The van der Waals surface area contributed by atoms with Crippen LogP contribution in [0.3, 0.4) is 0 Å². The van der Waals surface area contributed by atoms with Crippen molar-refractivity contribution in [3.05, 3.63) is 41.2 Å². The lowest BCUT2D eigenvalue weighted by atomic mass is 10.2. The summed E-state index contributed by atoms with van der Waals surface area (Å²) in [7, 11) is -3.58. The van der Waals surface area contributed by atoms with Gasteiger partial charge in [0.25, 0.3) is 0 Å². The van der Waals surface area contributed by atoms with Crippen molar-refractivity contribution in [3.8, 4) is 0 Å². The maximum atomic E-state index is 13.0. The van der Waals surface area contributed by atoms with Gasteiger partial charge in [-0.15, -0.1) is 0 Å². The summed E-state index contributed by atoms with van der Waals surface area (Å²) < 4.78 is 33.9. The third-order valence-electron chi connectivity index (χ3n) is 5.19. The number of rotatable bonds is 8. The molecule has 0 saturated carbocycles. The van der Waals surface area contributed by atoms with Crippen LogP contribution in [-0.4, -0.2) is 54.1 Å². The summed E-state index contributed by atoms with van der Waals surface area (Å²) in [5.41, 5.74) is 1.81. The maximum Gasteiger partial charge on any atom is 0.338 e. The van der Waals surface area contributed by atoms with Gasteiger partial charge in [-0.3, -0.25) is 9.48 Å². The lowest BCUT2D eigenvalue weighted by Crippen LogP contribution is -2.28. The summed E-state index contributed by atoms with van der Waals surface area (Å²) in [6.07, 6.45) is 1.83. The van der Waals surface area contributed by atoms with Crippen molar-refractivity contribution < 1.29 is 22.7 Å². The third-order valence-corrected chi connectivity index (χ3v) is 7.34. The SMILES string of the molecule is CCOC(=O)c1cccc(NC(=O)CCn2nc(C)c(S(=O)(=O)N3CCCC3)c2C)c1. The fraction of sp³-hybridized carbons (Fsp3) is 0.476. The highest BCUT2D eigenvalue weighted by atomic mass is 32.2. The standard InChI is InChI=1S/C21H28N4O5S/c1-4-30-21(27)17-8-7-9-18(14-17)22-19(26)10-13-25-16(3)20(15(2)23-25)31(28,29)24-11-5-6-12-24/h7-9,14H,4-6,10-13H2,1-3H3,(H,22,26). The van der Waals surface area contributed by atoms with Crippen molar-refractivity contribution in [2.24, 2.45) is 0 Å². The molecule has 1 aromatic heterocycles. The molecule has 168 valence electrons. The highest BCUT2D eigenvalue weighted by molar-refractivity contribution is 7.89. The third kappa shape index (κ3) is 5.13. The van der Waals surface area contributed by atoms with Crippen LogP contribution < -0.4 is 5.32 Å². The molecule has 1 saturated heterocycles. The Kier molecular flexibility index (Phi) is 7.11. The van der Waals surface area contributed by atoms with Crippen molar-refractivity contribution >= 4 is 27.6 Å². The van der Waals surface area contributed by atoms with Crippen LogP contribution in [0.4, 0.5) is 5.69 Å². The Hall–Kier alpha value is -2.72. The molecule has 0 atom stereocenters. The summed E-state index contributed by atoms with van der Waals surface area (Å²) in [4.78, 5) is 24.5. The van der Waals surface area contributed by atoms with Crippen molar-refractivity contribution in [2.75, 3.05) is 25.0 Å².